The maximum atomic E-state index is 12.0. The van der Waals surface area contributed by atoms with Gasteiger partial charge in [-0.05, 0) is 39.5 Å². The van der Waals surface area contributed by atoms with Gasteiger partial charge in [-0.1, -0.05) is 5.16 Å². The van der Waals surface area contributed by atoms with Crippen LogP contribution >= 0.6 is 0 Å². The van der Waals surface area contributed by atoms with Crippen molar-refractivity contribution in [3.8, 4) is 0 Å². The number of aromatic nitrogens is 3. The molecular formula is C18H24N4O3. The fourth-order valence-corrected chi connectivity index (χ4v) is 2.95. The zero-order valence-electron chi connectivity index (χ0n) is 14.7. The molecule has 1 N–H and O–H groups in total. The molecule has 134 valence electrons. The highest BCUT2D eigenvalue weighted by molar-refractivity contribution is 5.76. The van der Waals surface area contributed by atoms with E-state index in [1.165, 1.54) is 0 Å². The number of carbonyl (C=O) groups is 1. The maximum absolute atomic E-state index is 12.0. The largest absolute Gasteiger partial charge is 0.370 e. The van der Waals surface area contributed by atoms with Crippen LogP contribution in [0, 0.1) is 13.8 Å². The Morgan fingerprint density at radius 3 is 2.72 bits per heavy atom. The molecule has 1 fully saturated rings. The molecular weight excluding hydrogens is 320 g/mol. The van der Waals surface area contributed by atoms with Crippen molar-refractivity contribution in [2.45, 2.75) is 58.6 Å². The van der Waals surface area contributed by atoms with Gasteiger partial charge in [0, 0.05) is 43.1 Å². The molecule has 3 heterocycles. The molecule has 7 heteroatoms. The first-order valence-electron chi connectivity index (χ1n) is 8.74. The minimum atomic E-state index is -0.0142. The van der Waals surface area contributed by atoms with Crippen LogP contribution in [-0.2, 0) is 22.5 Å². The number of hydrogen-bond donors (Lipinski definition) is 1. The Hall–Kier alpha value is -2.28. The Bertz CT molecular complexity index is 686. The van der Waals surface area contributed by atoms with Crippen molar-refractivity contribution in [1.82, 2.24) is 20.4 Å². The monoisotopic (exact) mass is 344 g/mol. The van der Waals surface area contributed by atoms with E-state index in [0.717, 1.165) is 54.3 Å². The molecule has 0 spiro atoms. The first kappa shape index (κ1) is 17.5. The summed E-state index contributed by atoms with van der Waals surface area (Å²) >= 11 is 0. The third kappa shape index (κ3) is 4.63. The van der Waals surface area contributed by atoms with Crippen LogP contribution in [-0.4, -0.2) is 27.6 Å². The van der Waals surface area contributed by atoms with E-state index in [-0.39, 0.29) is 12.0 Å². The van der Waals surface area contributed by atoms with Crippen molar-refractivity contribution in [3.05, 3.63) is 40.8 Å². The highest BCUT2D eigenvalue weighted by atomic mass is 16.5. The molecule has 1 saturated heterocycles. The summed E-state index contributed by atoms with van der Waals surface area (Å²) < 4.78 is 10.8. The molecule has 1 aliphatic rings. The second-order valence-electron chi connectivity index (χ2n) is 6.38. The van der Waals surface area contributed by atoms with Crippen LogP contribution in [0.15, 0.2) is 16.9 Å². The van der Waals surface area contributed by atoms with Gasteiger partial charge < -0.3 is 14.6 Å². The molecule has 2 aromatic heterocycles. The van der Waals surface area contributed by atoms with Gasteiger partial charge in [0.2, 0.25) is 5.91 Å². The van der Waals surface area contributed by atoms with Crippen LogP contribution in [0.4, 0.5) is 0 Å². The van der Waals surface area contributed by atoms with Gasteiger partial charge in [0.1, 0.15) is 11.9 Å². The van der Waals surface area contributed by atoms with Crippen molar-refractivity contribution >= 4 is 5.91 Å². The quantitative estimate of drug-likeness (QED) is 0.866. The molecule has 1 atom stereocenters. The number of hydrogen-bond acceptors (Lipinski definition) is 6. The minimum absolute atomic E-state index is 0.00689. The summed E-state index contributed by atoms with van der Waals surface area (Å²) in [7, 11) is 0. The fraction of sp³-hybridized carbons (Fsp3) is 0.556. The lowest BCUT2D eigenvalue weighted by Gasteiger charge is -2.21. The molecule has 0 aromatic carbocycles. The van der Waals surface area contributed by atoms with Gasteiger partial charge in [-0.3, -0.25) is 4.79 Å². The van der Waals surface area contributed by atoms with Crippen LogP contribution < -0.4 is 5.32 Å². The number of rotatable bonds is 6. The van der Waals surface area contributed by atoms with Crippen LogP contribution in [0.25, 0.3) is 0 Å². The number of aryl methyl sites for hydroxylation is 2. The number of nitrogens with one attached hydrogen (secondary N) is 1. The van der Waals surface area contributed by atoms with E-state index >= 15 is 0 Å². The zero-order chi connectivity index (χ0) is 17.6. The van der Waals surface area contributed by atoms with Gasteiger partial charge in [-0.25, -0.2) is 9.97 Å². The number of nitrogens with zero attached hydrogens (tertiary/aromatic N) is 3. The maximum Gasteiger partial charge on any atom is 0.220 e. The Morgan fingerprint density at radius 1 is 1.28 bits per heavy atom. The Labute approximate surface area is 147 Å². The predicted molar refractivity (Wildman–Crippen MR) is 90.7 cm³/mol. The first-order chi connectivity index (χ1) is 12.1. The van der Waals surface area contributed by atoms with E-state index in [1.54, 1.807) is 12.4 Å². The highest BCUT2D eigenvalue weighted by Crippen LogP contribution is 2.24. The third-order valence-electron chi connectivity index (χ3n) is 4.47. The van der Waals surface area contributed by atoms with Gasteiger partial charge in [0.15, 0.2) is 5.82 Å². The van der Waals surface area contributed by atoms with Crippen LogP contribution in [0.5, 0.6) is 0 Å². The molecule has 2 aromatic rings. The Kier molecular flexibility index (Phi) is 5.75. The normalized spacial score (nSPS) is 17.4. The fourth-order valence-electron chi connectivity index (χ4n) is 2.95. The van der Waals surface area contributed by atoms with Crippen molar-refractivity contribution in [2.24, 2.45) is 0 Å². The van der Waals surface area contributed by atoms with E-state index in [2.05, 4.69) is 20.4 Å². The van der Waals surface area contributed by atoms with E-state index in [1.807, 2.05) is 13.8 Å². The first-order valence-corrected chi connectivity index (χ1v) is 8.74. The molecule has 1 amide bonds. The van der Waals surface area contributed by atoms with Gasteiger partial charge in [0.05, 0.1) is 5.69 Å². The molecule has 25 heavy (non-hydrogen) atoms. The van der Waals surface area contributed by atoms with E-state index in [9.17, 15) is 4.79 Å². The summed E-state index contributed by atoms with van der Waals surface area (Å²) in [4.78, 5) is 20.8. The molecule has 0 aliphatic carbocycles. The number of ether oxygens (including phenoxy) is 1. The van der Waals surface area contributed by atoms with Crippen molar-refractivity contribution in [3.63, 3.8) is 0 Å². The van der Waals surface area contributed by atoms with Crippen LogP contribution in [0.3, 0.4) is 0 Å². The van der Waals surface area contributed by atoms with E-state index < -0.39 is 0 Å². The lowest BCUT2D eigenvalue weighted by molar-refractivity contribution is -0.121. The second kappa shape index (κ2) is 8.20. The summed E-state index contributed by atoms with van der Waals surface area (Å²) in [6, 6.07) is 0. The summed E-state index contributed by atoms with van der Waals surface area (Å²) in [6.45, 7) is 4.95. The number of carbonyl (C=O) groups excluding carboxylic acids is 1. The summed E-state index contributed by atoms with van der Waals surface area (Å²) in [5, 5.41) is 6.80. The van der Waals surface area contributed by atoms with Crippen LogP contribution in [0.1, 0.15) is 60.2 Å². The summed E-state index contributed by atoms with van der Waals surface area (Å²) in [6.07, 6.45) is 7.78. The second-order valence-corrected chi connectivity index (χ2v) is 6.38. The Morgan fingerprint density at radius 2 is 2.08 bits per heavy atom. The van der Waals surface area contributed by atoms with Gasteiger partial charge in [-0.2, -0.15) is 0 Å². The lowest BCUT2D eigenvalue weighted by Crippen LogP contribution is -2.23. The van der Waals surface area contributed by atoms with Gasteiger partial charge >= 0.3 is 0 Å². The average molecular weight is 344 g/mol. The van der Waals surface area contributed by atoms with Crippen LogP contribution in [0.2, 0.25) is 0 Å². The van der Waals surface area contributed by atoms with Gasteiger partial charge in [0.25, 0.3) is 0 Å². The summed E-state index contributed by atoms with van der Waals surface area (Å²) in [5.41, 5.74) is 2.74. The average Bonchev–Trinajstić information content (AvgIpc) is 2.97. The standard InChI is InChI=1S/C18H24N4O3/c1-12-15(13(2)25-22-12)6-7-17(23)19-9-14-10-20-18(21-11-14)16-5-3-4-8-24-16/h10-11,16H,3-9H2,1-2H3,(H,19,23)/t16-/m1/s1. The minimum Gasteiger partial charge on any atom is -0.370 e. The molecule has 1 aliphatic heterocycles. The molecule has 7 nitrogen and oxygen atoms in total. The number of amides is 1. The molecule has 3 rings (SSSR count). The predicted octanol–water partition coefficient (Wildman–Crippen LogP) is 2.57. The lowest BCUT2D eigenvalue weighted by atomic mass is 10.1. The van der Waals surface area contributed by atoms with E-state index in [0.29, 0.717) is 19.4 Å². The molecule has 0 radical (unpaired) electrons. The topological polar surface area (TPSA) is 90.1 Å². The molecule has 0 unspecified atom stereocenters. The van der Waals surface area contributed by atoms with E-state index in [4.69, 9.17) is 9.26 Å². The third-order valence-corrected chi connectivity index (χ3v) is 4.47. The highest BCUT2D eigenvalue weighted by Gasteiger charge is 2.18. The van der Waals surface area contributed by atoms with Crippen molar-refractivity contribution in [1.29, 1.82) is 0 Å². The summed E-state index contributed by atoms with van der Waals surface area (Å²) in [5.74, 6) is 1.49. The Balaban J connectivity index is 1.45. The molecule has 0 saturated carbocycles. The molecule has 0 bridgehead atoms. The SMILES string of the molecule is Cc1noc(C)c1CCC(=O)NCc1cnc([C@H]2CCCCO2)nc1. The van der Waals surface area contributed by atoms with Crippen molar-refractivity contribution < 1.29 is 14.1 Å². The van der Waals surface area contributed by atoms with Crippen molar-refractivity contribution in [2.75, 3.05) is 6.61 Å². The zero-order valence-corrected chi connectivity index (χ0v) is 14.7. The van der Waals surface area contributed by atoms with Gasteiger partial charge in [-0.15, -0.1) is 0 Å². The smallest absolute Gasteiger partial charge is 0.220 e.